The summed E-state index contributed by atoms with van der Waals surface area (Å²) in [5.41, 5.74) is -0.321. The molecule has 12 nitrogen and oxygen atoms in total. The van der Waals surface area contributed by atoms with Crippen molar-refractivity contribution < 1.29 is 27.7 Å². The van der Waals surface area contributed by atoms with Crippen molar-refractivity contribution in [3.63, 3.8) is 0 Å². The van der Waals surface area contributed by atoms with Crippen LogP contribution in [0.25, 0.3) is 0 Å². The molecule has 1 amide bonds. The average molecular weight is 449 g/mol. The fraction of sp³-hybridized carbons (Fsp3) is 0.0625. The number of aromatic nitrogens is 3. The number of nitrogens with zero attached hydrogens (tertiary/aromatic N) is 4. The van der Waals surface area contributed by atoms with Crippen LogP contribution in [0.4, 0.5) is 10.8 Å². The van der Waals surface area contributed by atoms with E-state index < -0.39 is 33.2 Å². The first-order valence-electron chi connectivity index (χ1n) is 7.96. The van der Waals surface area contributed by atoms with Gasteiger partial charge in [-0.3, -0.25) is 25.2 Å². The number of rotatable bonds is 7. The van der Waals surface area contributed by atoms with Gasteiger partial charge in [0.1, 0.15) is 4.21 Å². The molecular formula is C16H11N5O7S2. The van der Waals surface area contributed by atoms with E-state index in [0.717, 1.165) is 30.5 Å². The van der Waals surface area contributed by atoms with Gasteiger partial charge in [0.05, 0.1) is 22.2 Å². The van der Waals surface area contributed by atoms with Crippen LogP contribution in [0.1, 0.15) is 10.5 Å². The quantitative estimate of drug-likeness (QED) is 0.316. The molecule has 0 aliphatic rings. The number of nitrogens with one attached hydrogen (secondary N) is 1. The van der Waals surface area contributed by atoms with Crippen LogP contribution in [0.15, 0.2) is 58.2 Å². The number of esters is 1. The van der Waals surface area contributed by atoms with Gasteiger partial charge in [-0.1, -0.05) is 11.3 Å². The number of amides is 1. The molecule has 0 fully saturated rings. The first kappa shape index (κ1) is 20.9. The van der Waals surface area contributed by atoms with Crippen LogP contribution in [-0.4, -0.2) is 46.8 Å². The molecule has 0 bridgehead atoms. The Labute approximate surface area is 172 Å². The van der Waals surface area contributed by atoms with Crippen molar-refractivity contribution in [2.75, 3.05) is 11.9 Å². The lowest BCUT2D eigenvalue weighted by molar-refractivity contribution is -0.384. The summed E-state index contributed by atoms with van der Waals surface area (Å²) in [6.45, 7) is -0.639. The summed E-state index contributed by atoms with van der Waals surface area (Å²) in [5.74, 6) is -1.58. The second-order valence-corrected chi connectivity index (χ2v) is 8.66. The summed E-state index contributed by atoms with van der Waals surface area (Å²) in [6, 6.07) is 4.36. The maximum Gasteiger partial charge on any atom is 0.359 e. The number of sulfone groups is 1. The average Bonchev–Trinajstić information content (AvgIpc) is 3.22. The van der Waals surface area contributed by atoms with Gasteiger partial charge in [0.15, 0.2) is 17.4 Å². The molecule has 0 aliphatic heterocycles. The molecule has 1 N–H and O–H groups in total. The number of nitro groups is 1. The minimum absolute atomic E-state index is 0.0314. The predicted octanol–water partition coefficient (Wildman–Crippen LogP) is 1.47. The summed E-state index contributed by atoms with van der Waals surface area (Å²) in [7, 11) is -3.98. The van der Waals surface area contributed by atoms with Crippen LogP contribution >= 0.6 is 11.3 Å². The Hall–Kier alpha value is -3.78. The van der Waals surface area contributed by atoms with Crippen LogP contribution in [0, 0.1) is 10.1 Å². The summed E-state index contributed by atoms with van der Waals surface area (Å²) in [4.78, 5) is 44.8. The van der Waals surface area contributed by atoms with Gasteiger partial charge in [-0.2, -0.15) is 0 Å². The Morgan fingerprint density at radius 1 is 1.13 bits per heavy atom. The van der Waals surface area contributed by atoms with Crippen LogP contribution in [0.5, 0.6) is 0 Å². The molecule has 1 aromatic carbocycles. The number of hydrogen-bond donors (Lipinski definition) is 1. The fourth-order valence-electron chi connectivity index (χ4n) is 2.07. The second-order valence-electron chi connectivity index (χ2n) is 5.45. The third-order valence-corrected chi connectivity index (χ3v) is 6.60. The number of carbonyl (C=O) groups is 2. The third-order valence-electron chi connectivity index (χ3n) is 3.46. The lowest BCUT2D eigenvalue weighted by Gasteiger charge is -2.03. The number of ether oxygens (including phenoxy) is 1. The van der Waals surface area contributed by atoms with Gasteiger partial charge in [0.2, 0.25) is 9.84 Å². The van der Waals surface area contributed by atoms with Crippen LogP contribution in [0.3, 0.4) is 0 Å². The predicted molar refractivity (Wildman–Crippen MR) is 102 cm³/mol. The first-order valence-corrected chi connectivity index (χ1v) is 10.3. The highest BCUT2D eigenvalue weighted by Crippen LogP contribution is 2.29. The Kier molecular flexibility index (Phi) is 6.08. The van der Waals surface area contributed by atoms with Crippen LogP contribution < -0.4 is 5.32 Å². The minimum atomic E-state index is -3.98. The molecule has 0 saturated heterocycles. The number of non-ortho nitro benzene ring substituents is 1. The van der Waals surface area contributed by atoms with Gasteiger partial charge in [0.25, 0.3) is 11.6 Å². The zero-order valence-corrected chi connectivity index (χ0v) is 16.4. The molecule has 30 heavy (non-hydrogen) atoms. The summed E-state index contributed by atoms with van der Waals surface area (Å²) in [5, 5.41) is 13.0. The summed E-state index contributed by atoms with van der Waals surface area (Å²) >= 11 is 0.676. The Bertz CT molecular complexity index is 1190. The van der Waals surface area contributed by atoms with E-state index in [1.807, 2.05) is 0 Å². The molecular weight excluding hydrogens is 438 g/mol. The molecule has 0 saturated carbocycles. The highest BCUT2D eigenvalue weighted by molar-refractivity contribution is 7.93. The normalized spacial score (nSPS) is 10.9. The number of anilines is 1. The van der Waals surface area contributed by atoms with E-state index in [-0.39, 0.29) is 25.6 Å². The van der Waals surface area contributed by atoms with Crippen LogP contribution in [0.2, 0.25) is 0 Å². The zero-order valence-electron chi connectivity index (χ0n) is 14.8. The van der Waals surface area contributed by atoms with E-state index in [9.17, 15) is 28.1 Å². The molecule has 0 aliphatic carbocycles. The van der Waals surface area contributed by atoms with Gasteiger partial charge in [-0.05, 0) is 12.1 Å². The van der Waals surface area contributed by atoms with Crippen molar-refractivity contribution in [2.24, 2.45) is 0 Å². The molecule has 2 aromatic heterocycles. The highest BCUT2D eigenvalue weighted by atomic mass is 32.2. The largest absolute Gasteiger partial charge is 0.451 e. The second kappa shape index (κ2) is 8.71. The monoisotopic (exact) mass is 449 g/mol. The van der Waals surface area contributed by atoms with Gasteiger partial charge in [-0.25, -0.2) is 23.2 Å². The highest BCUT2D eigenvalue weighted by Gasteiger charge is 2.22. The molecule has 0 radical (unpaired) electrons. The van der Waals surface area contributed by atoms with E-state index in [2.05, 4.69) is 20.3 Å². The molecule has 154 valence electrons. The van der Waals surface area contributed by atoms with E-state index in [1.54, 1.807) is 0 Å². The molecule has 14 heteroatoms. The van der Waals surface area contributed by atoms with Gasteiger partial charge in [-0.15, -0.1) is 0 Å². The van der Waals surface area contributed by atoms with E-state index >= 15 is 0 Å². The lowest BCUT2D eigenvalue weighted by atomic mass is 10.3. The van der Waals surface area contributed by atoms with E-state index in [4.69, 9.17) is 4.74 Å². The molecule has 0 atom stereocenters. The molecule has 0 spiro atoms. The zero-order chi connectivity index (χ0) is 21.7. The van der Waals surface area contributed by atoms with Crippen LogP contribution in [-0.2, 0) is 19.4 Å². The van der Waals surface area contributed by atoms with Crippen molar-refractivity contribution >= 4 is 43.9 Å². The fourth-order valence-corrected chi connectivity index (χ4v) is 4.52. The van der Waals surface area contributed by atoms with Crippen molar-refractivity contribution in [1.82, 2.24) is 15.0 Å². The van der Waals surface area contributed by atoms with E-state index in [0.29, 0.717) is 11.3 Å². The van der Waals surface area contributed by atoms with Gasteiger partial charge < -0.3 is 4.74 Å². The molecule has 3 rings (SSSR count). The number of thiazole rings is 1. The van der Waals surface area contributed by atoms with Crippen molar-refractivity contribution in [3.05, 3.63) is 64.9 Å². The lowest BCUT2D eigenvalue weighted by Crippen LogP contribution is -2.21. The van der Waals surface area contributed by atoms with Crippen molar-refractivity contribution in [3.8, 4) is 0 Å². The standard InChI is InChI=1S/C16H11N5O7S2/c22-13(9-28-15(23)12-7-17-5-6-18-12)20-16-19-8-14(29-16)30(26,27)11-3-1-10(2-4-11)21(24)25/h1-8H,9H2,(H,19,20,22). The maximum absolute atomic E-state index is 12.6. The minimum Gasteiger partial charge on any atom is -0.451 e. The number of carbonyl (C=O) groups excluding carboxylic acids is 2. The van der Waals surface area contributed by atoms with Crippen molar-refractivity contribution in [1.29, 1.82) is 0 Å². The Balaban J connectivity index is 1.63. The molecule has 0 unspecified atom stereocenters. The topological polar surface area (TPSA) is 171 Å². The van der Waals surface area contributed by atoms with Crippen molar-refractivity contribution in [2.45, 2.75) is 9.10 Å². The molecule has 3 aromatic rings. The summed E-state index contributed by atoms with van der Waals surface area (Å²) < 4.78 is 29.8. The Morgan fingerprint density at radius 2 is 1.87 bits per heavy atom. The van der Waals surface area contributed by atoms with Gasteiger partial charge >= 0.3 is 5.97 Å². The first-order chi connectivity index (χ1) is 14.3. The third kappa shape index (κ3) is 4.79. The number of nitro benzene ring substituents is 1. The maximum atomic E-state index is 12.6. The smallest absolute Gasteiger partial charge is 0.359 e. The molecule has 2 heterocycles. The summed E-state index contributed by atoms with van der Waals surface area (Å²) in [6.07, 6.45) is 4.88. The van der Waals surface area contributed by atoms with E-state index in [1.165, 1.54) is 18.6 Å². The SMILES string of the molecule is O=C(COC(=O)c1cnccn1)Nc1ncc(S(=O)(=O)c2ccc([N+](=O)[O-])cc2)s1. The number of benzene rings is 1. The number of hydrogen-bond acceptors (Lipinski definition) is 11. The van der Waals surface area contributed by atoms with Gasteiger partial charge in [0, 0.05) is 24.5 Å². The Morgan fingerprint density at radius 3 is 2.50 bits per heavy atom.